The van der Waals surface area contributed by atoms with E-state index in [1.165, 1.54) is 0 Å². The zero-order valence-electron chi connectivity index (χ0n) is 9.89. The third kappa shape index (κ3) is 1.66. The number of aromatic hydroxyl groups is 1. The summed E-state index contributed by atoms with van der Waals surface area (Å²) in [5.74, 6) is -0.0348. The molecule has 0 amide bonds. The predicted molar refractivity (Wildman–Crippen MR) is 71.0 cm³/mol. The van der Waals surface area contributed by atoms with Gasteiger partial charge < -0.3 is 10.4 Å². The lowest BCUT2D eigenvalue weighted by Gasteiger charge is -2.15. The largest absolute Gasteiger partial charge is 0.506 e. The van der Waals surface area contributed by atoms with Gasteiger partial charge in [0.25, 0.3) is 0 Å². The van der Waals surface area contributed by atoms with Crippen molar-refractivity contribution in [2.45, 2.75) is 18.9 Å². The highest BCUT2D eigenvalue weighted by Gasteiger charge is 2.21. The molecule has 92 valence electrons. The molecular formula is C14H14N2O2. The summed E-state index contributed by atoms with van der Waals surface area (Å²) in [6.07, 6.45) is 2.19. The van der Waals surface area contributed by atoms with Gasteiger partial charge >= 0.3 is 0 Å². The highest BCUT2D eigenvalue weighted by molar-refractivity contribution is 5.97. The molecule has 1 atom stereocenters. The first kappa shape index (κ1) is 11.2. The van der Waals surface area contributed by atoms with Gasteiger partial charge in [-0.25, -0.2) is 0 Å². The number of benzene rings is 2. The van der Waals surface area contributed by atoms with E-state index < -0.39 is 0 Å². The molecule has 1 aliphatic rings. The van der Waals surface area contributed by atoms with Crippen molar-refractivity contribution in [1.82, 2.24) is 5.32 Å². The summed E-state index contributed by atoms with van der Waals surface area (Å²) in [5, 5.41) is 18.0. The smallest absolute Gasteiger partial charge is 0.157 e. The normalized spacial score (nSPS) is 19.2. The van der Waals surface area contributed by atoms with E-state index in [2.05, 4.69) is 10.5 Å². The summed E-state index contributed by atoms with van der Waals surface area (Å²) in [6, 6.07) is 9.50. The van der Waals surface area contributed by atoms with Gasteiger partial charge in [-0.2, -0.15) is 0 Å². The van der Waals surface area contributed by atoms with E-state index in [4.69, 9.17) is 0 Å². The second kappa shape index (κ2) is 4.38. The third-order valence-corrected chi connectivity index (χ3v) is 3.56. The predicted octanol–water partition coefficient (Wildman–Crippen LogP) is 3.37. The Bertz CT molecular complexity index is 604. The summed E-state index contributed by atoms with van der Waals surface area (Å²) in [6.45, 7) is 0.993. The van der Waals surface area contributed by atoms with E-state index in [0.717, 1.165) is 35.7 Å². The molecule has 0 bridgehead atoms. The van der Waals surface area contributed by atoms with Gasteiger partial charge in [-0.1, -0.05) is 24.3 Å². The number of phenols is 1. The number of fused-ring (bicyclic) bond motifs is 1. The van der Waals surface area contributed by atoms with Crippen molar-refractivity contribution in [3.63, 3.8) is 0 Å². The van der Waals surface area contributed by atoms with Crippen molar-refractivity contribution in [1.29, 1.82) is 0 Å². The Hall–Kier alpha value is -1.94. The Morgan fingerprint density at radius 1 is 1.28 bits per heavy atom. The second-order valence-electron chi connectivity index (χ2n) is 4.62. The van der Waals surface area contributed by atoms with Crippen molar-refractivity contribution in [2.75, 3.05) is 6.54 Å². The number of nitroso groups, excluding NO2 is 1. The summed E-state index contributed by atoms with van der Waals surface area (Å²) in [4.78, 5) is 10.8. The van der Waals surface area contributed by atoms with Crippen LogP contribution in [0.5, 0.6) is 5.75 Å². The minimum atomic E-state index is -0.0348. The maximum absolute atomic E-state index is 10.8. The monoisotopic (exact) mass is 242 g/mol. The maximum Gasteiger partial charge on any atom is 0.157 e. The van der Waals surface area contributed by atoms with E-state index in [0.29, 0.717) is 0 Å². The third-order valence-electron chi connectivity index (χ3n) is 3.56. The quantitative estimate of drug-likeness (QED) is 0.794. The van der Waals surface area contributed by atoms with Gasteiger partial charge in [-0.05, 0) is 41.6 Å². The standard InChI is InChI=1S/C14H14N2O2/c17-13-8-11(12-6-3-7-15-12)9-4-1-2-5-10(9)14(13)16-18/h1-2,4-5,8,12,15,17H,3,6-7H2. The van der Waals surface area contributed by atoms with Crippen molar-refractivity contribution in [3.8, 4) is 5.75 Å². The van der Waals surface area contributed by atoms with Gasteiger partial charge in [0, 0.05) is 11.4 Å². The molecule has 1 aliphatic heterocycles. The average molecular weight is 242 g/mol. The van der Waals surface area contributed by atoms with Crippen LogP contribution in [-0.4, -0.2) is 11.7 Å². The number of nitrogens with zero attached hydrogens (tertiary/aromatic N) is 1. The molecule has 1 heterocycles. The lowest BCUT2D eigenvalue weighted by Crippen LogP contribution is -2.13. The molecular weight excluding hydrogens is 228 g/mol. The van der Waals surface area contributed by atoms with E-state index in [9.17, 15) is 10.0 Å². The molecule has 2 N–H and O–H groups in total. The van der Waals surface area contributed by atoms with Crippen LogP contribution in [0, 0.1) is 4.91 Å². The molecule has 2 aromatic carbocycles. The SMILES string of the molecule is O=Nc1c(O)cc(C2CCCN2)c2ccccc12. The molecule has 0 aliphatic carbocycles. The van der Waals surface area contributed by atoms with Gasteiger partial charge in [0.05, 0.1) is 0 Å². The molecule has 2 aromatic rings. The van der Waals surface area contributed by atoms with Crippen molar-refractivity contribution >= 4 is 16.5 Å². The molecule has 1 saturated heterocycles. The first-order valence-electron chi connectivity index (χ1n) is 6.12. The van der Waals surface area contributed by atoms with Gasteiger partial charge in [-0.15, -0.1) is 4.91 Å². The van der Waals surface area contributed by atoms with E-state index >= 15 is 0 Å². The Labute approximate surface area is 105 Å². The highest BCUT2D eigenvalue weighted by Crippen LogP contribution is 2.40. The fraction of sp³-hybridized carbons (Fsp3) is 0.286. The molecule has 4 heteroatoms. The molecule has 0 spiro atoms. The number of nitrogens with one attached hydrogen (secondary N) is 1. The molecule has 0 aromatic heterocycles. The highest BCUT2D eigenvalue weighted by atomic mass is 16.3. The minimum Gasteiger partial charge on any atom is -0.506 e. The van der Waals surface area contributed by atoms with Gasteiger partial charge in [-0.3, -0.25) is 0 Å². The molecule has 18 heavy (non-hydrogen) atoms. The van der Waals surface area contributed by atoms with Crippen molar-refractivity contribution in [3.05, 3.63) is 40.8 Å². The summed E-state index contributed by atoms with van der Waals surface area (Å²) >= 11 is 0. The lowest BCUT2D eigenvalue weighted by molar-refractivity contribution is 0.475. The molecule has 4 nitrogen and oxygen atoms in total. The first-order valence-corrected chi connectivity index (χ1v) is 6.12. The summed E-state index contributed by atoms with van der Waals surface area (Å²) < 4.78 is 0. The number of hydrogen-bond donors (Lipinski definition) is 2. The van der Waals surface area contributed by atoms with Gasteiger partial charge in [0.15, 0.2) is 5.69 Å². The lowest BCUT2D eigenvalue weighted by atomic mass is 9.96. The number of phenolic OH excluding ortho intramolecular Hbond substituents is 1. The van der Waals surface area contributed by atoms with Crippen LogP contribution in [0.2, 0.25) is 0 Å². The van der Waals surface area contributed by atoms with Crippen LogP contribution in [0.4, 0.5) is 5.69 Å². The maximum atomic E-state index is 10.8. The Kier molecular flexibility index (Phi) is 2.72. The van der Waals surface area contributed by atoms with Crippen LogP contribution in [0.1, 0.15) is 24.4 Å². The fourth-order valence-electron chi connectivity index (χ4n) is 2.71. The molecule has 1 fully saturated rings. The van der Waals surface area contributed by atoms with Crippen LogP contribution in [-0.2, 0) is 0 Å². The molecule has 0 saturated carbocycles. The number of rotatable bonds is 2. The number of hydrogen-bond acceptors (Lipinski definition) is 4. The van der Waals surface area contributed by atoms with E-state index in [1.54, 1.807) is 6.07 Å². The van der Waals surface area contributed by atoms with Gasteiger partial charge in [0.2, 0.25) is 0 Å². The van der Waals surface area contributed by atoms with Crippen LogP contribution in [0.25, 0.3) is 10.8 Å². The van der Waals surface area contributed by atoms with E-state index in [-0.39, 0.29) is 17.5 Å². The average Bonchev–Trinajstić information content (AvgIpc) is 2.91. The molecule has 1 unspecified atom stereocenters. The van der Waals surface area contributed by atoms with E-state index in [1.807, 2.05) is 24.3 Å². The van der Waals surface area contributed by atoms with Crippen LogP contribution in [0.3, 0.4) is 0 Å². The minimum absolute atomic E-state index is 0.0348. The Morgan fingerprint density at radius 2 is 2.06 bits per heavy atom. The van der Waals surface area contributed by atoms with Crippen LogP contribution < -0.4 is 5.32 Å². The fourth-order valence-corrected chi connectivity index (χ4v) is 2.71. The van der Waals surface area contributed by atoms with Gasteiger partial charge in [0.1, 0.15) is 5.75 Å². The Morgan fingerprint density at radius 3 is 2.72 bits per heavy atom. The second-order valence-corrected chi connectivity index (χ2v) is 4.62. The van der Waals surface area contributed by atoms with Crippen LogP contribution in [0.15, 0.2) is 35.5 Å². The van der Waals surface area contributed by atoms with Crippen molar-refractivity contribution < 1.29 is 5.11 Å². The summed E-state index contributed by atoms with van der Waals surface area (Å²) in [7, 11) is 0. The topological polar surface area (TPSA) is 61.7 Å². The zero-order chi connectivity index (χ0) is 12.5. The van der Waals surface area contributed by atoms with Crippen molar-refractivity contribution in [2.24, 2.45) is 5.18 Å². The van der Waals surface area contributed by atoms with Crippen LogP contribution >= 0.6 is 0 Å². The Balaban J connectivity index is 2.29. The zero-order valence-corrected chi connectivity index (χ0v) is 9.89. The molecule has 0 radical (unpaired) electrons. The summed E-state index contributed by atoms with van der Waals surface area (Å²) in [5.41, 5.74) is 1.18. The first-order chi connectivity index (χ1) is 8.81. The molecule has 3 rings (SSSR count).